The Bertz CT molecular complexity index is 157. The van der Waals surface area contributed by atoms with E-state index in [9.17, 15) is 0 Å². The van der Waals surface area contributed by atoms with Gasteiger partial charge in [0.05, 0.1) is 0 Å². The first-order valence-corrected chi connectivity index (χ1v) is 5.09. The van der Waals surface area contributed by atoms with Crippen LogP contribution < -0.4 is 0 Å². The van der Waals surface area contributed by atoms with Crippen LogP contribution in [0.15, 0.2) is 22.1 Å². The number of halogens is 3. The molecule has 0 N–H and O–H groups in total. The fraction of sp³-hybridized carbons (Fsp3) is 0.429. The molecule has 0 nitrogen and oxygen atoms in total. The third kappa shape index (κ3) is 7.76. The number of hydrogen-bond acceptors (Lipinski definition) is 0. The summed E-state index contributed by atoms with van der Waals surface area (Å²) in [5.41, 5.74) is 0. The van der Waals surface area contributed by atoms with Crippen molar-refractivity contribution in [2.24, 2.45) is 0 Å². The van der Waals surface area contributed by atoms with Gasteiger partial charge in [0.25, 0.3) is 0 Å². The van der Waals surface area contributed by atoms with Crippen LogP contribution in [0.3, 0.4) is 0 Å². The van der Waals surface area contributed by atoms with Crippen molar-refractivity contribution in [3.05, 3.63) is 22.1 Å². The molecule has 0 atom stereocenters. The molecule has 1 rings (SSSR count). The van der Waals surface area contributed by atoms with E-state index in [4.69, 9.17) is 0 Å². The third-order valence-electron chi connectivity index (χ3n) is 1.25. The van der Waals surface area contributed by atoms with Gasteiger partial charge in [0, 0.05) is 0 Å². The van der Waals surface area contributed by atoms with Crippen molar-refractivity contribution in [3.8, 4) is 0 Å². The summed E-state index contributed by atoms with van der Waals surface area (Å²) >= 11 is 0.236. The van der Waals surface area contributed by atoms with Crippen molar-refractivity contribution >= 4 is 42.1 Å². The molecule has 0 saturated carbocycles. The van der Waals surface area contributed by atoms with E-state index in [1.807, 2.05) is 0 Å². The van der Waals surface area contributed by atoms with E-state index < -0.39 is 0 Å². The van der Waals surface area contributed by atoms with Gasteiger partial charge in [-0.2, -0.15) is 0 Å². The first-order valence-electron chi connectivity index (χ1n) is 3.41. The molecule has 70 valence electrons. The monoisotopic (exact) mass is 262 g/mol. The molecular formula is C7H14BCl3Ti. The molecule has 0 aromatic rings. The molecule has 0 amide bonds. The fourth-order valence-corrected chi connectivity index (χ4v) is 2.75. The molecule has 0 aromatic heterocycles. The summed E-state index contributed by atoms with van der Waals surface area (Å²) in [5, 5.41) is 0. The Kier molecular flexibility index (Phi) is 16.0. The van der Waals surface area contributed by atoms with Crippen molar-refractivity contribution in [2.75, 3.05) is 0 Å². The Morgan fingerprint density at radius 1 is 1.25 bits per heavy atom. The molecule has 0 radical (unpaired) electrons. The van der Waals surface area contributed by atoms with Crippen LogP contribution in [0.5, 0.6) is 0 Å². The van der Waals surface area contributed by atoms with Crippen molar-refractivity contribution in [1.29, 1.82) is 0 Å². The van der Waals surface area contributed by atoms with Crippen LogP contribution in [0.25, 0.3) is 0 Å². The molecule has 0 bridgehead atoms. The van der Waals surface area contributed by atoms with Gasteiger partial charge in [0.2, 0.25) is 0 Å². The van der Waals surface area contributed by atoms with Crippen LogP contribution >= 0.6 is 37.2 Å². The van der Waals surface area contributed by atoms with Crippen molar-refractivity contribution < 1.29 is 19.0 Å². The van der Waals surface area contributed by atoms with Gasteiger partial charge in [-0.25, -0.2) is 0 Å². The van der Waals surface area contributed by atoms with Crippen LogP contribution in [0.4, 0.5) is 0 Å². The SMILES string of the molecule is C[B](C)[Ti][C]1=CC=CC1.Cl.Cl.Cl. The topological polar surface area (TPSA) is 0 Å². The van der Waals surface area contributed by atoms with Crippen LogP contribution in [-0.4, -0.2) is 4.89 Å². The van der Waals surface area contributed by atoms with Gasteiger partial charge in [-0.15, -0.1) is 37.2 Å². The zero-order chi connectivity index (χ0) is 6.69. The summed E-state index contributed by atoms with van der Waals surface area (Å²) in [6.07, 6.45) is 7.97. The van der Waals surface area contributed by atoms with E-state index in [1.165, 1.54) is 6.42 Å². The van der Waals surface area contributed by atoms with Crippen molar-refractivity contribution in [1.82, 2.24) is 0 Å². The standard InChI is InChI=1S/C5H5.C2H6B.3ClH.Ti/c1-2-4-5-3-1;1-3-2;;;;/h1-3H,4H2;1-2H3;3*1H;/q;+1;;;;-1. The van der Waals surface area contributed by atoms with Crippen LogP contribution in [0.2, 0.25) is 13.6 Å². The first-order chi connectivity index (χ1) is 4.29. The number of allylic oxidation sites excluding steroid dienone is 4. The van der Waals surface area contributed by atoms with Gasteiger partial charge < -0.3 is 0 Å². The average Bonchev–Trinajstić information content (AvgIpc) is 2.15. The van der Waals surface area contributed by atoms with E-state index in [2.05, 4.69) is 31.9 Å². The van der Waals surface area contributed by atoms with Gasteiger partial charge in [-0.1, -0.05) is 0 Å². The Morgan fingerprint density at radius 2 is 1.83 bits per heavy atom. The zero-order valence-electron chi connectivity index (χ0n) is 7.24. The van der Waals surface area contributed by atoms with Gasteiger partial charge in [0.15, 0.2) is 0 Å². The molecule has 1 aliphatic carbocycles. The average molecular weight is 263 g/mol. The van der Waals surface area contributed by atoms with E-state index in [0.717, 1.165) is 4.89 Å². The third-order valence-corrected chi connectivity index (χ3v) is 3.30. The quantitative estimate of drug-likeness (QED) is 0.669. The number of rotatable bonds is 2. The molecule has 1 aliphatic rings. The molecule has 0 heterocycles. The number of hydrogen-bond donors (Lipinski definition) is 0. The molecular weight excluding hydrogens is 249 g/mol. The predicted octanol–water partition coefficient (Wildman–Crippen LogP) is 3.43. The van der Waals surface area contributed by atoms with E-state index in [1.54, 1.807) is 3.88 Å². The Hall–Kier alpha value is 1.13. The van der Waals surface area contributed by atoms with Gasteiger partial charge >= 0.3 is 66.0 Å². The minimum Gasteiger partial charge on any atom is -0.147 e. The first kappa shape index (κ1) is 18.8. The maximum absolute atomic E-state index is 2.32. The van der Waals surface area contributed by atoms with Gasteiger partial charge in [-0.05, 0) is 0 Å². The molecule has 5 heteroatoms. The van der Waals surface area contributed by atoms with E-state index in [0.29, 0.717) is 0 Å². The Labute approximate surface area is 103 Å². The molecule has 0 fully saturated rings. The van der Waals surface area contributed by atoms with Crippen LogP contribution in [-0.2, 0) is 19.0 Å². The summed E-state index contributed by atoms with van der Waals surface area (Å²) in [7, 11) is 0. The molecule has 0 unspecified atom stereocenters. The normalized spacial score (nSPS) is 11.7. The van der Waals surface area contributed by atoms with Crippen LogP contribution in [0.1, 0.15) is 6.42 Å². The largest absolute Gasteiger partial charge is 0.147 e. The molecule has 0 aliphatic heterocycles. The molecule has 12 heavy (non-hydrogen) atoms. The van der Waals surface area contributed by atoms with Crippen LogP contribution in [0, 0.1) is 0 Å². The molecule has 0 saturated heterocycles. The maximum atomic E-state index is 2.32. The summed E-state index contributed by atoms with van der Waals surface area (Å²) in [5.74, 6) is 0. The van der Waals surface area contributed by atoms with E-state index >= 15 is 0 Å². The van der Waals surface area contributed by atoms with E-state index in [-0.39, 0.29) is 56.2 Å². The summed E-state index contributed by atoms with van der Waals surface area (Å²) in [6, 6.07) is 0. The zero-order valence-corrected chi connectivity index (χ0v) is 11.3. The second kappa shape index (κ2) is 10.2. The molecule has 0 aromatic carbocycles. The summed E-state index contributed by atoms with van der Waals surface area (Å²) in [4.78, 5) is 0.941. The maximum Gasteiger partial charge on any atom is -0.147 e. The van der Waals surface area contributed by atoms with Crippen molar-refractivity contribution in [2.45, 2.75) is 20.1 Å². The second-order valence-corrected chi connectivity index (χ2v) is 5.88. The minimum atomic E-state index is 0. The predicted molar refractivity (Wildman–Crippen MR) is 61.1 cm³/mol. The van der Waals surface area contributed by atoms with Gasteiger partial charge in [0.1, 0.15) is 0 Å². The second-order valence-electron chi connectivity index (χ2n) is 2.62. The Balaban J connectivity index is -0.000000270. The van der Waals surface area contributed by atoms with Crippen molar-refractivity contribution in [3.63, 3.8) is 0 Å². The smallest absolute Gasteiger partial charge is 0.147 e. The summed E-state index contributed by atoms with van der Waals surface area (Å²) in [6.45, 7) is 4.64. The van der Waals surface area contributed by atoms with Gasteiger partial charge in [-0.3, -0.25) is 0 Å². The fourth-order valence-electron chi connectivity index (χ4n) is 0.925. The minimum absolute atomic E-state index is 0. The summed E-state index contributed by atoms with van der Waals surface area (Å²) < 4.78 is 1.71. The molecule has 0 spiro atoms. The Morgan fingerprint density at radius 3 is 2.17 bits per heavy atom.